The molecule has 3 rings (SSSR count). The van der Waals surface area contributed by atoms with Gasteiger partial charge in [-0.25, -0.2) is 9.97 Å². The number of hydrogen-bond acceptors (Lipinski definition) is 9. The molecule has 45 heavy (non-hydrogen) atoms. The zero-order chi connectivity index (χ0) is 33.2. The van der Waals surface area contributed by atoms with E-state index in [0.717, 1.165) is 11.8 Å². The Morgan fingerprint density at radius 3 is 1.33 bits per heavy atom. The van der Waals surface area contributed by atoms with E-state index in [1.807, 2.05) is 0 Å². The number of hydrogen-bond donors (Lipinski definition) is 0. The topological polar surface area (TPSA) is 81.2 Å². The lowest BCUT2D eigenvalue weighted by Crippen LogP contribution is -2.36. The number of ether oxygens (including phenoxy) is 6. The molecule has 8 nitrogen and oxygen atoms in total. The van der Waals surface area contributed by atoms with Gasteiger partial charge in [-0.15, -0.1) is 0 Å². The van der Waals surface area contributed by atoms with Crippen LogP contribution in [0.3, 0.4) is 0 Å². The van der Waals surface area contributed by atoms with Gasteiger partial charge in [-0.3, -0.25) is 0 Å². The average molecular weight is 657 g/mol. The zero-order valence-corrected chi connectivity index (χ0v) is 26.3. The highest BCUT2D eigenvalue weighted by Crippen LogP contribution is 2.41. The van der Waals surface area contributed by atoms with Gasteiger partial charge in [-0.1, -0.05) is 23.9 Å². The van der Waals surface area contributed by atoms with Crippen molar-refractivity contribution in [3.63, 3.8) is 0 Å². The Balaban J connectivity index is 1.96. The van der Waals surface area contributed by atoms with Crippen LogP contribution in [0.25, 0.3) is 24.3 Å². The van der Waals surface area contributed by atoms with Crippen LogP contribution < -0.4 is 28.4 Å². The second-order valence-corrected chi connectivity index (χ2v) is 10.3. The van der Waals surface area contributed by atoms with Crippen LogP contribution in [0.4, 0.5) is 22.0 Å². The lowest BCUT2D eigenvalue weighted by molar-refractivity contribution is -0.284. The summed E-state index contributed by atoms with van der Waals surface area (Å²) in [5.41, 5.74) is 2.29. The Labute approximate surface area is 262 Å². The van der Waals surface area contributed by atoms with Gasteiger partial charge in [0.05, 0.1) is 54.0 Å². The molecule has 0 spiro atoms. The fraction of sp³-hybridized carbons (Fsp3) is 0.355. The molecule has 0 amide bonds. The predicted octanol–water partition coefficient (Wildman–Crippen LogP) is 7.94. The summed E-state index contributed by atoms with van der Waals surface area (Å²) in [6.07, 6.45) is -0.449. The number of methoxy groups -OCH3 is 6. The molecule has 0 aliphatic carbocycles. The van der Waals surface area contributed by atoms with Crippen LogP contribution in [0, 0.1) is 0 Å². The summed E-state index contributed by atoms with van der Waals surface area (Å²) in [6, 6.07) is 8.63. The molecule has 0 bridgehead atoms. The van der Waals surface area contributed by atoms with Gasteiger partial charge in [0.1, 0.15) is 0 Å². The molecule has 244 valence electrons. The van der Waals surface area contributed by atoms with Crippen molar-refractivity contribution in [1.29, 1.82) is 0 Å². The second kappa shape index (κ2) is 15.7. The molecule has 1 heterocycles. The minimum atomic E-state index is -5.60. The number of halogens is 5. The van der Waals surface area contributed by atoms with Crippen LogP contribution >= 0.6 is 11.8 Å². The second-order valence-electron chi connectivity index (χ2n) is 9.24. The van der Waals surface area contributed by atoms with Crippen molar-refractivity contribution >= 4 is 36.1 Å². The van der Waals surface area contributed by atoms with Crippen molar-refractivity contribution in [1.82, 2.24) is 9.97 Å². The van der Waals surface area contributed by atoms with E-state index < -0.39 is 24.9 Å². The lowest BCUT2D eigenvalue weighted by atomic mass is 10.1. The summed E-state index contributed by atoms with van der Waals surface area (Å²) in [4.78, 5) is 8.92. The molecule has 0 radical (unpaired) electrons. The molecule has 0 saturated heterocycles. The Kier molecular flexibility index (Phi) is 12.3. The first-order valence-corrected chi connectivity index (χ1v) is 14.3. The zero-order valence-electron chi connectivity index (χ0n) is 25.5. The number of alkyl halides is 5. The summed E-state index contributed by atoms with van der Waals surface area (Å²) in [6.45, 7) is 0. The van der Waals surface area contributed by atoms with Crippen LogP contribution in [0.2, 0.25) is 0 Å². The maximum absolute atomic E-state index is 13.4. The highest BCUT2D eigenvalue weighted by atomic mass is 32.2. The summed E-state index contributed by atoms with van der Waals surface area (Å²) in [7, 11) is 8.97. The van der Waals surface area contributed by atoms with E-state index in [4.69, 9.17) is 28.4 Å². The van der Waals surface area contributed by atoms with Gasteiger partial charge >= 0.3 is 12.1 Å². The Hall–Kier alpha value is -4.20. The smallest absolute Gasteiger partial charge is 0.453 e. The van der Waals surface area contributed by atoms with E-state index in [-0.39, 0.29) is 10.9 Å². The number of thioether (sulfide) groups is 1. The van der Waals surface area contributed by atoms with Crippen LogP contribution in [-0.4, -0.2) is 70.5 Å². The summed E-state index contributed by atoms with van der Waals surface area (Å²) in [5.74, 6) is -2.20. The van der Waals surface area contributed by atoms with Crippen molar-refractivity contribution < 1.29 is 50.4 Å². The van der Waals surface area contributed by atoms with Gasteiger partial charge in [0.25, 0.3) is 0 Å². The predicted molar refractivity (Wildman–Crippen MR) is 163 cm³/mol. The number of nitrogens with zero attached hydrogens (tertiary/aromatic N) is 2. The van der Waals surface area contributed by atoms with Crippen molar-refractivity contribution in [3.8, 4) is 34.5 Å². The molecular weight excluding hydrogens is 623 g/mol. The molecule has 0 saturated carbocycles. The molecule has 0 aliphatic rings. The third kappa shape index (κ3) is 9.16. The van der Waals surface area contributed by atoms with Crippen molar-refractivity contribution in [2.75, 3.05) is 48.4 Å². The third-order valence-electron chi connectivity index (χ3n) is 6.29. The molecule has 0 N–H and O–H groups in total. The first-order valence-electron chi connectivity index (χ1n) is 13.3. The third-order valence-corrected chi connectivity index (χ3v) is 7.23. The monoisotopic (exact) mass is 656 g/mol. The summed E-state index contributed by atoms with van der Waals surface area (Å²) in [5, 5.41) is 0.196. The summed E-state index contributed by atoms with van der Waals surface area (Å²) >= 11 is 0.974. The standard InChI is InChI=1S/C31H33F5N2O6S/c1-39-23-14-19(15-24(40-2)27(23)43-5)8-10-21-18-22(11-9-20-16-25(41-3)28(44-6)26(17-20)42-4)38-29(37-21)45-13-7-12-30(32,33)31(34,35)36/h8-11,14-18H,7,12-13H2,1-6H3/b10-8+,11-9+. The van der Waals surface area contributed by atoms with Crippen LogP contribution in [0.1, 0.15) is 35.4 Å². The highest BCUT2D eigenvalue weighted by molar-refractivity contribution is 7.99. The molecular formula is C31H33F5N2O6S. The van der Waals surface area contributed by atoms with Gasteiger partial charge < -0.3 is 28.4 Å². The van der Waals surface area contributed by atoms with E-state index in [0.29, 0.717) is 57.0 Å². The molecule has 3 aromatic rings. The number of benzene rings is 2. The van der Waals surface area contributed by atoms with Gasteiger partial charge in [-0.05, 0) is 60.0 Å². The molecule has 2 aromatic carbocycles. The Morgan fingerprint density at radius 2 is 1.00 bits per heavy atom. The quantitative estimate of drug-likeness (QED) is 0.0701. The normalized spacial score (nSPS) is 12.1. The molecule has 0 unspecified atom stereocenters. The van der Waals surface area contributed by atoms with Gasteiger partial charge in [-0.2, -0.15) is 22.0 Å². The van der Waals surface area contributed by atoms with Crippen LogP contribution in [0.15, 0.2) is 35.5 Å². The average Bonchev–Trinajstić information content (AvgIpc) is 3.02. The SMILES string of the molecule is COc1cc(/C=C/c2cc(/C=C/c3cc(OC)c(OC)c(OC)c3)nc(SCCCC(F)(F)C(F)(F)F)n2)cc(OC)c1OC. The summed E-state index contributed by atoms with van der Waals surface area (Å²) < 4.78 is 96.8. The molecule has 0 fully saturated rings. The minimum absolute atomic E-state index is 0.0538. The molecule has 0 aliphatic heterocycles. The van der Waals surface area contributed by atoms with Gasteiger partial charge in [0.15, 0.2) is 28.2 Å². The minimum Gasteiger partial charge on any atom is -0.493 e. The maximum atomic E-state index is 13.4. The first-order chi connectivity index (χ1) is 21.4. The maximum Gasteiger partial charge on any atom is 0.453 e. The van der Waals surface area contributed by atoms with E-state index >= 15 is 0 Å². The van der Waals surface area contributed by atoms with E-state index in [1.54, 1.807) is 54.6 Å². The fourth-order valence-corrected chi connectivity index (χ4v) is 4.87. The van der Waals surface area contributed by atoms with E-state index in [2.05, 4.69) is 9.97 Å². The molecule has 0 atom stereocenters. The van der Waals surface area contributed by atoms with Gasteiger partial charge in [0, 0.05) is 12.2 Å². The first kappa shape index (κ1) is 35.3. The Bertz CT molecular complexity index is 1370. The number of aromatic nitrogens is 2. The fourth-order valence-electron chi connectivity index (χ4n) is 4.06. The molecule has 1 aromatic heterocycles. The van der Waals surface area contributed by atoms with Crippen LogP contribution in [0.5, 0.6) is 34.5 Å². The van der Waals surface area contributed by atoms with Crippen molar-refractivity contribution in [3.05, 3.63) is 52.8 Å². The number of rotatable bonds is 15. The van der Waals surface area contributed by atoms with E-state index in [9.17, 15) is 22.0 Å². The van der Waals surface area contributed by atoms with Gasteiger partial charge in [0.2, 0.25) is 11.5 Å². The lowest BCUT2D eigenvalue weighted by Gasteiger charge is -2.18. The largest absolute Gasteiger partial charge is 0.493 e. The molecule has 14 heteroatoms. The Morgan fingerprint density at radius 1 is 0.600 bits per heavy atom. The highest BCUT2D eigenvalue weighted by Gasteiger charge is 2.56. The van der Waals surface area contributed by atoms with Crippen LogP contribution in [-0.2, 0) is 0 Å². The van der Waals surface area contributed by atoms with E-state index in [1.165, 1.54) is 42.7 Å². The van der Waals surface area contributed by atoms with Crippen molar-refractivity contribution in [2.45, 2.75) is 30.1 Å². The van der Waals surface area contributed by atoms with Crippen molar-refractivity contribution in [2.24, 2.45) is 0 Å².